The van der Waals surface area contributed by atoms with Gasteiger partial charge in [0, 0.05) is 42.8 Å². The molecule has 2 aliphatic rings. The Bertz CT molecular complexity index is 1340. The fraction of sp³-hybridized carbons (Fsp3) is 0.414. The van der Waals surface area contributed by atoms with Gasteiger partial charge >= 0.3 is 0 Å². The number of benzene rings is 2. The van der Waals surface area contributed by atoms with Crippen molar-refractivity contribution in [3.63, 3.8) is 0 Å². The highest BCUT2D eigenvalue weighted by Crippen LogP contribution is 2.31. The van der Waals surface area contributed by atoms with Crippen LogP contribution in [0, 0.1) is 13.8 Å². The predicted molar refractivity (Wildman–Crippen MR) is 146 cm³/mol. The van der Waals surface area contributed by atoms with Crippen molar-refractivity contribution in [1.29, 1.82) is 0 Å². The molecule has 0 spiro atoms. The highest BCUT2D eigenvalue weighted by molar-refractivity contribution is 5.95. The van der Waals surface area contributed by atoms with Crippen LogP contribution in [0.25, 0.3) is 5.69 Å². The van der Waals surface area contributed by atoms with E-state index in [2.05, 4.69) is 52.6 Å². The molecule has 8 heteroatoms. The molecule has 0 radical (unpaired) electrons. The van der Waals surface area contributed by atoms with Gasteiger partial charge in [-0.15, -0.1) is 0 Å². The van der Waals surface area contributed by atoms with Gasteiger partial charge in [0.25, 0.3) is 11.5 Å². The Labute approximate surface area is 217 Å². The van der Waals surface area contributed by atoms with Crippen molar-refractivity contribution in [3.05, 3.63) is 81.4 Å². The third kappa shape index (κ3) is 5.39. The Morgan fingerprint density at radius 1 is 1.14 bits per heavy atom. The molecule has 37 heavy (non-hydrogen) atoms. The maximum Gasteiger partial charge on any atom is 0.297 e. The average molecular weight is 502 g/mol. The standard InChI is InChI=1S/C29H35N5O3/c1-4-24(23-6-5-7-25(20(23)3)33-14-16-37-17-15-33)32-27-29(36)34(13-12-30-27)26-18-21(9-8-19(26)2)28(35)31-22-10-11-22/h5-9,12-13,18,22,24H,4,10-11,14-17H2,1-3H3,(H,30,32)(H,31,35)/t24-/m1/s1. The first kappa shape index (κ1) is 25.0. The molecule has 2 N–H and O–H groups in total. The van der Waals surface area contributed by atoms with Crippen LogP contribution in [0.4, 0.5) is 11.5 Å². The van der Waals surface area contributed by atoms with E-state index in [-0.39, 0.29) is 29.4 Å². The van der Waals surface area contributed by atoms with E-state index in [1.54, 1.807) is 29.1 Å². The lowest BCUT2D eigenvalue weighted by Gasteiger charge is -2.32. The molecule has 2 fully saturated rings. The van der Waals surface area contributed by atoms with Crippen molar-refractivity contribution < 1.29 is 9.53 Å². The number of nitrogens with zero attached hydrogens (tertiary/aromatic N) is 3. The van der Waals surface area contributed by atoms with Crippen LogP contribution >= 0.6 is 0 Å². The predicted octanol–water partition coefficient (Wildman–Crippen LogP) is 4.14. The van der Waals surface area contributed by atoms with Gasteiger partial charge in [-0.1, -0.05) is 25.1 Å². The summed E-state index contributed by atoms with van der Waals surface area (Å²) in [6.07, 6.45) is 6.13. The number of rotatable bonds is 8. The van der Waals surface area contributed by atoms with E-state index < -0.39 is 0 Å². The number of anilines is 2. The topological polar surface area (TPSA) is 88.5 Å². The number of hydrogen-bond acceptors (Lipinski definition) is 6. The first-order valence-electron chi connectivity index (χ1n) is 13.1. The number of hydrogen-bond donors (Lipinski definition) is 2. The van der Waals surface area contributed by atoms with E-state index >= 15 is 0 Å². The zero-order valence-corrected chi connectivity index (χ0v) is 21.8. The summed E-state index contributed by atoms with van der Waals surface area (Å²) in [6.45, 7) is 9.39. The molecule has 1 saturated carbocycles. The number of carbonyl (C=O) groups is 1. The third-order valence-electron chi connectivity index (χ3n) is 7.28. The van der Waals surface area contributed by atoms with Crippen LogP contribution < -0.4 is 21.1 Å². The summed E-state index contributed by atoms with van der Waals surface area (Å²) in [5.41, 5.74) is 5.44. The molecule has 5 rings (SSSR count). The second-order valence-electron chi connectivity index (χ2n) is 9.90. The van der Waals surface area contributed by atoms with Crippen LogP contribution in [0.1, 0.15) is 59.3 Å². The molecule has 1 saturated heterocycles. The maximum absolute atomic E-state index is 13.6. The van der Waals surface area contributed by atoms with Crippen molar-refractivity contribution in [1.82, 2.24) is 14.9 Å². The highest BCUT2D eigenvalue weighted by atomic mass is 16.5. The molecule has 0 unspecified atom stereocenters. The summed E-state index contributed by atoms with van der Waals surface area (Å²) in [5.74, 6) is 0.184. The Kier molecular flexibility index (Phi) is 7.28. The van der Waals surface area contributed by atoms with Gasteiger partial charge in [-0.25, -0.2) is 4.98 Å². The monoisotopic (exact) mass is 501 g/mol. The number of nitrogens with one attached hydrogen (secondary N) is 2. The minimum Gasteiger partial charge on any atom is -0.378 e. The Morgan fingerprint density at radius 3 is 2.65 bits per heavy atom. The summed E-state index contributed by atoms with van der Waals surface area (Å²) >= 11 is 0. The smallest absolute Gasteiger partial charge is 0.297 e. The first-order chi connectivity index (χ1) is 18.0. The molecule has 1 aromatic heterocycles. The van der Waals surface area contributed by atoms with E-state index in [4.69, 9.17) is 4.74 Å². The van der Waals surface area contributed by atoms with Crippen molar-refractivity contribution in [3.8, 4) is 5.69 Å². The Morgan fingerprint density at radius 2 is 1.92 bits per heavy atom. The fourth-order valence-electron chi connectivity index (χ4n) is 4.94. The van der Waals surface area contributed by atoms with Crippen LogP contribution in [-0.2, 0) is 4.74 Å². The number of ether oxygens (including phenoxy) is 1. The molecule has 1 aliphatic carbocycles. The highest BCUT2D eigenvalue weighted by Gasteiger charge is 2.24. The lowest BCUT2D eigenvalue weighted by molar-refractivity contribution is 0.0951. The van der Waals surface area contributed by atoms with Gasteiger partial charge in [0.05, 0.1) is 24.9 Å². The minimum atomic E-state index is -0.245. The lowest BCUT2D eigenvalue weighted by Crippen LogP contribution is -2.36. The van der Waals surface area contributed by atoms with Gasteiger partial charge in [0.1, 0.15) is 0 Å². The normalized spacial score (nSPS) is 16.4. The third-order valence-corrected chi connectivity index (χ3v) is 7.28. The largest absolute Gasteiger partial charge is 0.378 e. The molecule has 3 aromatic rings. The minimum absolute atomic E-state index is 0.0752. The van der Waals surface area contributed by atoms with Gasteiger partial charge in [-0.3, -0.25) is 14.2 Å². The summed E-state index contributed by atoms with van der Waals surface area (Å²) in [7, 11) is 0. The van der Waals surface area contributed by atoms with Crippen molar-refractivity contribution in [2.24, 2.45) is 0 Å². The molecular formula is C29H35N5O3. The molecular weight excluding hydrogens is 466 g/mol. The van der Waals surface area contributed by atoms with E-state index in [0.717, 1.165) is 56.7 Å². The van der Waals surface area contributed by atoms with E-state index in [0.29, 0.717) is 11.3 Å². The van der Waals surface area contributed by atoms with E-state index in [1.165, 1.54) is 11.3 Å². The zero-order chi connectivity index (χ0) is 25.9. The van der Waals surface area contributed by atoms with Crippen LogP contribution in [0.5, 0.6) is 0 Å². The molecule has 1 atom stereocenters. The number of amides is 1. The molecule has 2 aromatic carbocycles. The van der Waals surface area contributed by atoms with Gasteiger partial charge in [0.2, 0.25) is 0 Å². The second kappa shape index (κ2) is 10.8. The SMILES string of the molecule is CC[C@@H](Nc1nccn(-c2cc(C(=O)NC3CC3)ccc2C)c1=O)c1cccc(N2CCOCC2)c1C. The van der Waals surface area contributed by atoms with Gasteiger partial charge < -0.3 is 20.3 Å². The Hall–Kier alpha value is -3.65. The summed E-state index contributed by atoms with van der Waals surface area (Å²) in [6, 6.07) is 12.0. The molecule has 1 amide bonds. The van der Waals surface area contributed by atoms with Gasteiger partial charge in [-0.05, 0) is 68.0 Å². The van der Waals surface area contributed by atoms with E-state index in [9.17, 15) is 9.59 Å². The molecule has 0 bridgehead atoms. The molecule has 194 valence electrons. The zero-order valence-electron chi connectivity index (χ0n) is 21.8. The average Bonchev–Trinajstić information content (AvgIpc) is 3.73. The van der Waals surface area contributed by atoms with Crippen molar-refractivity contribution in [2.45, 2.75) is 52.1 Å². The maximum atomic E-state index is 13.6. The van der Waals surface area contributed by atoms with E-state index in [1.807, 2.05) is 13.0 Å². The van der Waals surface area contributed by atoms with Gasteiger partial charge in [0.15, 0.2) is 5.82 Å². The molecule has 1 aliphatic heterocycles. The second-order valence-corrected chi connectivity index (χ2v) is 9.90. The van der Waals surface area contributed by atoms with Gasteiger partial charge in [-0.2, -0.15) is 0 Å². The molecule has 8 nitrogen and oxygen atoms in total. The Balaban J connectivity index is 1.43. The number of carbonyl (C=O) groups excluding carboxylic acids is 1. The summed E-state index contributed by atoms with van der Waals surface area (Å²) in [5, 5.41) is 6.44. The summed E-state index contributed by atoms with van der Waals surface area (Å²) < 4.78 is 7.10. The number of aryl methyl sites for hydroxylation is 1. The quantitative estimate of drug-likeness (QED) is 0.482. The summed E-state index contributed by atoms with van der Waals surface area (Å²) in [4.78, 5) is 33.0. The molecule has 2 heterocycles. The van der Waals surface area contributed by atoms with Crippen LogP contribution in [0.15, 0.2) is 53.6 Å². The number of morpholine rings is 1. The lowest BCUT2D eigenvalue weighted by atomic mass is 9.97. The van der Waals surface area contributed by atoms with Crippen LogP contribution in [0.2, 0.25) is 0 Å². The van der Waals surface area contributed by atoms with Crippen LogP contribution in [0.3, 0.4) is 0 Å². The fourth-order valence-corrected chi connectivity index (χ4v) is 4.94. The van der Waals surface area contributed by atoms with Crippen molar-refractivity contribution in [2.75, 3.05) is 36.5 Å². The number of aromatic nitrogens is 2. The first-order valence-corrected chi connectivity index (χ1v) is 13.1. The van der Waals surface area contributed by atoms with Crippen LogP contribution in [-0.4, -0.2) is 47.8 Å². The van der Waals surface area contributed by atoms with Crippen molar-refractivity contribution >= 4 is 17.4 Å².